The summed E-state index contributed by atoms with van der Waals surface area (Å²) in [5.74, 6) is 1.01. The quantitative estimate of drug-likeness (QED) is 0.617. The Balaban J connectivity index is 1.64. The van der Waals surface area contributed by atoms with Crippen LogP contribution < -0.4 is 4.74 Å². The zero-order valence-corrected chi connectivity index (χ0v) is 12.7. The second-order valence-electron chi connectivity index (χ2n) is 6.52. The lowest BCUT2D eigenvalue weighted by atomic mass is 9.77. The molecule has 1 aliphatic carbocycles. The highest BCUT2D eigenvalue weighted by atomic mass is 16.5. The second kappa shape index (κ2) is 4.45. The van der Waals surface area contributed by atoms with Crippen LogP contribution in [0.15, 0.2) is 60.7 Å². The molecule has 2 heteroatoms. The van der Waals surface area contributed by atoms with Crippen molar-refractivity contribution >= 4 is 16.6 Å². The monoisotopic (exact) mass is 300 g/mol. The second-order valence-corrected chi connectivity index (χ2v) is 6.52. The van der Waals surface area contributed by atoms with Gasteiger partial charge in [0.1, 0.15) is 5.75 Å². The minimum absolute atomic E-state index is 0.139. The zero-order chi connectivity index (χ0) is 15.4. The molecule has 2 nitrogen and oxygen atoms in total. The van der Waals surface area contributed by atoms with E-state index in [4.69, 9.17) is 4.74 Å². The molecule has 0 aromatic heterocycles. The minimum atomic E-state index is -0.708. The number of ketones is 1. The van der Waals surface area contributed by atoms with E-state index in [0.717, 1.165) is 29.7 Å². The first-order valence-electron chi connectivity index (χ1n) is 8.09. The number of benzene rings is 3. The van der Waals surface area contributed by atoms with E-state index in [1.165, 1.54) is 16.3 Å². The Kier molecular flexibility index (Phi) is 2.49. The van der Waals surface area contributed by atoms with Gasteiger partial charge >= 0.3 is 0 Å². The van der Waals surface area contributed by atoms with Crippen molar-refractivity contribution in [2.75, 3.05) is 0 Å². The van der Waals surface area contributed by atoms with Crippen LogP contribution in [0, 0.1) is 0 Å². The fraction of sp³-hybridized carbons (Fsp3) is 0.190. The molecule has 1 unspecified atom stereocenters. The highest BCUT2D eigenvalue weighted by molar-refractivity contribution is 6.06. The van der Waals surface area contributed by atoms with Crippen molar-refractivity contribution in [1.29, 1.82) is 0 Å². The van der Waals surface area contributed by atoms with Gasteiger partial charge in [-0.3, -0.25) is 4.79 Å². The minimum Gasteiger partial charge on any atom is -0.478 e. The summed E-state index contributed by atoms with van der Waals surface area (Å²) in [5, 5.41) is 2.41. The van der Waals surface area contributed by atoms with E-state index in [2.05, 4.69) is 24.3 Å². The molecule has 0 saturated carbocycles. The smallest absolute Gasteiger partial charge is 0.207 e. The molecule has 1 heterocycles. The molecule has 0 fully saturated rings. The molecule has 1 aliphatic heterocycles. The molecule has 23 heavy (non-hydrogen) atoms. The van der Waals surface area contributed by atoms with E-state index >= 15 is 0 Å². The summed E-state index contributed by atoms with van der Waals surface area (Å²) in [6, 6.07) is 20.3. The Hall–Kier alpha value is -2.61. The summed E-state index contributed by atoms with van der Waals surface area (Å²) in [6.45, 7) is 0. The van der Waals surface area contributed by atoms with Gasteiger partial charge in [0, 0.05) is 17.5 Å². The normalized spacial score (nSPS) is 22.0. The van der Waals surface area contributed by atoms with E-state index in [1.54, 1.807) is 0 Å². The maximum atomic E-state index is 13.1. The molecule has 0 bridgehead atoms. The lowest BCUT2D eigenvalue weighted by Gasteiger charge is -2.32. The van der Waals surface area contributed by atoms with Crippen molar-refractivity contribution in [3.8, 4) is 5.75 Å². The van der Waals surface area contributed by atoms with Crippen molar-refractivity contribution < 1.29 is 9.53 Å². The summed E-state index contributed by atoms with van der Waals surface area (Å²) in [4.78, 5) is 13.1. The fourth-order valence-electron chi connectivity index (χ4n) is 4.05. The molecule has 0 saturated heterocycles. The predicted molar refractivity (Wildman–Crippen MR) is 90.1 cm³/mol. The van der Waals surface area contributed by atoms with Gasteiger partial charge in [-0.25, -0.2) is 0 Å². The zero-order valence-electron chi connectivity index (χ0n) is 12.7. The van der Waals surface area contributed by atoms with Crippen LogP contribution in [0.2, 0.25) is 0 Å². The number of aryl methyl sites for hydroxylation is 1. The number of rotatable bonds is 0. The van der Waals surface area contributed by atoms with Crippen molar-refractivity contribution in [3.05, 3.63) is 77.4 Å². The molecule has 0 N–H and O–H groups in total. The largest absolute Gasteiger partial charge is 0.478 e. The molecule has 2 aliphatic rings. The Morgan fingerprint density at radius 2 is 1.74 bits per heavy atom. The maximum absolute atomic E-state index is 13.1. The number of hydrogen-bond donors (Lipinski definition) is 0. The standard InChI is InChI=1S/C21H16O2/c22-20-17-8-4-2-6-15(17)11-12-21(20)13-18-16-7-3-1-5-14(16)9-10-19(18)23-21/h1-10H,11-13H2. The fourth-order valence-corrected chi connectivity index (χ4v) is 4.05. The highest BCUT2D eigenvalue weighted by Gasteiger charge is 2.49. The van der Waals surface area contributed by atoms with Gasteiger partial charge in [0.15, 0.2) is 5.60 Å². The lowest BCUT2D eigenvalue weighted by molar-refractivity contribution is 0.0477. The molecular formula is C21H16O2. The molecule has 0 radical (unpaired) electrons. The SMILES string of the molecule is O=C1c2ccccc2CCC12Cc1c(ccc3ccccc13)O2. The Labute approximate surface area is 134 Å². The Morgan fingerprint density at radius 3 is 2.70 bits per heavy atom. The van der Waals surface area contributed by atoms with E-state index in [-0.39, 0.29) is 5.78 Å². The molecule has 112 valence electrons. The first-order chi connectivity index (χ1) is 11.3. The summed E-state index contributed by atoms with van der Waals surface area (Å²) in [7, 11) is 0. The lowest BCUT2D eigenvalue weighted by Crippen LogP contribution is -2.46. The van der Waals surface area contributed by atoms with Crippen LogP contribution in [0.1, 0.15) is 27.9 Å². The highest BCUT2D eigenvalue weighted by Crippen LogP contribution is 2.45. The average Bonchev–Trinajstić information content (AvgIpc) is 2.99. The summed E-state index contributed by atoms with van der Waals surface area (Å²) < 4.78 is 6.26. The predicted octanol–water partition coefficient (Wildman–Crippen LogP) is 4.34. The third kappa shape index (κ3) is 1.72. The summed E-state index contributed by atoms with van der Waals surface area (Å²) in [6.07, 6.45) is 2.33. The number of carbonyl (C=O) groups excluding carboxylic acids is 1. The average molecular weight is 300 g/mol. The van der Waals surface area contributed by atoms with Crippen LogP contribution >= 0.6 is 0 Å². The molecule has 1 spiro atoms. The summed E-state index contributed by atoms with van der Waals surface area (Å²) in [5.41, 5.74) is 2.44. The first-order valence-corrected chi connectivity index (χ1v) is 8.09. The summed E-state index contributed by atoms with van der Waals surface area (Å²) >= 11 is 0. The van der Waals surface area contributed by atoms with Crippen LogP contribution in [-0.4, -0.2) is 11.4 Å². The molecule has 5 rings (SSSR count). The van der Waals surface area contributed by atoms with Gasteiger partial charge in [0.05, 0.1) is 0 Å². The van der Waals surface area contributed by atoms with E-state index in [0.29, 0.717) is 6.42 Å². The molecule has 0 amide bonds. The topological polar surface area (TPSA) is 26.3 Å². The van der Waals surface area contributed by atoms with Crippen LogP contribution in [0.5, 0.6) is 5.75 Å². The molecule has 3 aromatic rings. The molecule has 3 aromatic carbocycles. The number of ether oxygens (including phenoxy) is 1. The number of Topliss-reactive ketones (excluding diaryl/α,β-unsaturated/α-hetero) is 1. The Bertz CT molecular complexity index is 957. The van der Waals surface area contributed by atoms with Crippen molar-refractivity contribution in [1.82, 2.24) is 0 Å². The van der Waals surface area contributed by atoms with Gasteiger partial charge in [0.2, 0.25) is 5.78 Å². The van der Waals surface area contributed by atoms with Crippen LogP contribution in [0.4, 0.5) is 0 Å². The van der Waals surface area contributed by atoms with Crippen LogP contribution in [0.3, 0.4) is 0 Å². The van der Waals surface area contributed by atoms with Crippen molar-refractivity contribution in [2.45, 2.75) is 24.9 Å². The molecule has 1 atom stereocenters. The molecular weight excluding hydrogens is 284 g/mol. The van der Waals surface area contributed by atoms with Gasteiger partial charge in [-0.15, -0.1) is 0 Å². The van der Waals surface area contributed by atoms with Gasteiger partial charge in [-0.1, -0.05) is 54.6 Å². The number of fused-ring (bicyclic) bond motifs is 4. The Morgan fingerprint density at radius 1 is 0.913 bits per heavy atom. The van der Waals surface area contributed by atoms with Gasteiger partial charge < -0.3 is 4.74 Å². The van der Waals surface area contributed by atoms with Crippen molar-refractivity contribution in [2.24, 2.45) is 0 Å². The van der Waals surface area contributed by atoms with Crippen LogP contribution in [0.25, 0.3) is 10.8 Å². The van der Waals surface area contributed by atoms with Gasteiger partial charge in [-0.2, -0.15) is 0 Å². The van der Waals surface area contributed by atoms with Gasteiger partial charge in [-0.05, 0) is 35.2 Å². The third-order valence-electron chi connectivity index (χ3n) is 5.24. The third-order valence-corrected chi connectivity index (χ3v) is 5.24. The maximum Gasteiger partial charge on any atom is 0.207 e. The van der Waals surface area contributed by atoms with E-state index in [1.807, 2.05) is 36.4 Å². The van der Waals surface area contributed by atoms with Gasteiger partial charge in [0.25, 0.3) is 0 Å². The van der Waals surface area contributed by atoms with E-state index in [9.17, 15) is 4.79 Å². The first kappa shape index (κ1) is 12.9. The number of carbonyl (C=O) groups is 1. The van der Waals surface area contributed by atoms with Crippen LogP contribution in [-0.2, 0) is 12.8 Å². The van der Waals surface area contributed by atoms with E-state index < -0.39 is 5.60 Å². The number of hydrogen-bond acceptors (Lipinski definition) is 2. The van der Waals surface area contributed by atoms with Crippen molar-refractivity contribution in [3.63, 3.8) is 0 Å².